The molecule has 1 aromatic carbocycles. The Morgan fingerprint density at radius 3 is 2.75 bits per heavy atom. The molecule has 5 heteroatoms. The van der Waals surface area contributed by atoms with Gasteiger partial charge in [-0.15, -0.1) is 0 Å². The lowest BCUT2D eigenvalue weighted by atomic mass is 10.1. The zero-order valence-electron chi connectivity index (χ0n) is 11.7. The van der Waals surface area contributed by atoms with Crippen molar-refractivity contribution < 1.29 is 9.47 Å². The van der Waals surface area contributed by atoms with Gasteiger partial charge in [-0.3, -0.25) is 4.98 Å². The van der Waals surface area contributed by atoms with Crippen LogP contribution >= 0.6 is 15.9 Å². The van der Waals surface area contributed by atoms with Crippen molar-refractivity contribution in [3.05, 3.63) is 45.7 Å². The largest absolute Gasteiger partial charge is 0.496 e. The molecule has 0 unspecified atom stereocenters. The fourth-order valence-corrected chi connectivity index (χ4v) is 2.38. The first-order chi connectivity index (χ1) is 9.54. The molecule has 2 rings (SSSR count). The molecule has 0 spiro atoms. The van der Waals surface area contributed by atoms with Crippen molar-refractivity contribution in [1.29, 1.82) is 0 Å². The molecule has 0 saturated heterocycles. The molecule has 1 aromatic heterocycles. The number of aromatic nitrogens is 1. The van der Waals surface area contributed by atoms with E-state index in [-0.39, 0.29) is 0 Å². The van der Waals surface area contributed by atoms with E-state index < -0.39 is 0 Å². The number of ether oxygens (including phenoxy) is 2. The minimum Gasteiger partial charge on any atom is -0.496 e. The van der Waals surface area contributed by atoms with Gasteiger partial charge in [-0.05, 0) is 41.9 Å². The first-order valence-corrected chi connectivity index (χ1v) is 6.99. The normalized spacial score (nSPS) is 10.4. The highest BCUT2D eigenvalue weighted by Gasteiger charge is 2.11. The number of nitrogens with zero attached hydrogens (tertiary/aromatic N) is 1. The van der Waals surface area contributed by atoms with Crippen LogP contribution in [0.5, 0.6) is 11.5 Å². The lowest BCUT2D eigenvalue weighted by Gasteiger charge is -2.14. The number of benzene rings is 1. The van der Waals surface area contributed by atoms with Crippen LogP contribution in [0.25, 0.3) is 0 Å². The quantitative estimate of drug-likeness (QED) is 0.866. The van der Waals surface area contributed by atoms with Crippen LogP contribution in [0, 0.1) is 13.8 Å². The monoisotopic (exact) mass is 336 g/mol. The van der Waals surface area contributed by atoms with Crippen molar-refractivity contribution in [2.45, 2.75) is 20.5 Å². The molecule has 0 aliphatic rings. The Kier molecular flexibility index (Phi) is 4.49. The van der Waals surface area contributed by atoms with E-state index in [0.717, 1.165) is 27.0 Å². The fourth-order valence-electron chi connectivity index (χ4n) is 2.00. The van der Waals surface area contributed by atoms with Gasteiger partial charge in [0.1, 0.15) is 18.1 Å². The Morgan fingerprint density at radius 1 is 1.30 bits per heavy atom. The standard InChI is InChI=1S/C15H17BrN2O2/c1-9-7-18-12(10(2)15(9)19-3)8-20-13-6-4-5-11(17)14(13)16/h4-7H,8,17H2,1-3H3. The van der Waals surface area contributed by atoms with Crippen LogP contribution in [0.4, 0.5) is 5.69 Å². The molecule has 0 amide bonds. The lowest BCUT2D eigenvalue weighted by molar-refractivity contribution is 0.297. The van der Waals surface area contributed by atoms with Crippen LogP contribution in [-0.2, 0) is 6.61 Å². The molecule has 1 heterocycles. The number of hydrogen-bond donors (Lipinski definition) is 1. The molecule has 0 radical (unpaired) electrons. The fraction of sp³-hybridized carbons (Fsp3) is 0.267. The molecule has 2 aromatic rings. The smallest absolute Gasteiger partial charge is 0.136 e. The van der Waals surface area contributed by atoms with Crippen LogP contribution < -0.4 is 15.2 Å². The Balaban J connectivity index is 2.21. The molecule has 0 atom stereocenters. The summed E-state index contributed by atoms with van der Waals surface area (Å²) in [7, 11) is 1.66. The van der Waals surface area contributed by atoms with E-state index in [1.54, 1.807) is 13.3 Å². The van der Waals surface area contributed by atoms with Gasteiger partial charge in [-0.2, -0.15) is 0 Å². The van der Waals surface area contributed by atoms with E-state index in [4.69, 9.17) is 15.2 Å². The number of hydrogen-bond acceptors (Lipinski definition) is 4. The van der Waals surface area contributed by atoms with E-state index in [2.05, 4.69) is 20.9 Å². The molecule has 0 bridgehead atoms. The minimum absolute atomic E-state index is 0.366. The van der Waals surface area contributed by atoms with E-state index >= 15 is 0 Å². The predicted molar refractivity (Wildman–Crippen MR) is 83.1 cm³/mol. The van der Waals surface area contributed by atoms with Crippen LogP contribution in [0.1, 0.15) is 16.8 Å². The van der Waals surface area contributed by atoms with Gasteiger partial charge in [-0.25, -0.2) is 0 Å². The number of anilines is 1. The Morgan fingerprint density at radius 2 is 2.05 bits per heavy atom. The molecule has 106 valence electrons. The Labute approximate surface area is 127 Å². The molecule has 0 aliphatic carbocycles. The summed E-state index contributed by atoms with van der Waals surface area (Å²) in [5, 5.41) is 0. The summed E-state index contributed by atoms with van der Waals surface area (Å²) in [6.07, 6.45) is 1.79. The summed E-state index contributed by atoms with van der Waals surface area (Å²) < 4.78 is 11.9. The van der Waals surface area contributed by atoms with Gasteiger partial charge < -0.3 is 15.2 Å². The number of nitrogens with two attached hydrogens (primary N) is 1. The van der Waals surface area contributed by atoms with Gasteiger partial charge in [0.2, 0.25) is 0 Å². The summed E-state index contributed by atoms with van der Waals surface area (Å²) in [4.78, 5) is 4.40. The molecular weight excluding hydrogens is 320 g/mol. The van der Waals surface area contributed by atoms with Crippen molar-refractivity contribution in [2.75, 3.05) is 12.8 Å². The molecule has 20 heavy (non-hydrogen) atoms. The van der Waals surface area contributed by atoms with Crippen LogP contribution in [-0.4, -0.2) is 12.1 Å². The molecule has 4 nitrogen and oxygen atoms in total. The summed E-state index contributed by atoms with van der Waals surface area (Å²) in [6, 6.07) is 5.53. The van der Waals surface area contributed by atoms with Crippen LogP contribution in [0.2, 0.25) is 0 Å². The van der Waals surface area contributed by atoms with E-state index in [0.29, 0.717) is 18.0 Å². The van der Waals surface area contributed by atoms with Gasteiger partial charge in [0.15, 0.2) is 0 Å². The average molecular weight is 337 g/mol. The molecule has 0 aliphatic heterocycles. The molecule has 0 fully saturated rings. The maximum absolute atomic E-state index is 5.82. The molecular formula is C15H17BrN2O2. The zero-order chi connectivity index (χ0) is 14.7. The highest BCUT2D eigenvalue weighted by molar-refractivity contribution is 9.10. The number of nitrogen functional groups attached to an aromatic ring is 1. The van der Waals surface area contributed by atoms with E-state index in [1.165, 1.54) is 0 Å². The van der Waals surface area contributed by atoms with Gasteiger partial charge >= 0.3 is 0 Å². The highest BCUT2D eigenvalue weighted by Crippen LogP contribution is 2.31. The maximum atomic E-state index is 5.82. The zero-order valence-corrected chi connectivity index (χ0v) is 13.3. The summed E-state index contributed by atoms with van der Waals surface area (Å²) in [6.45, 7) is 4.31. The van der Waals surface area contributed by atoms with Crippen molar-refractivity contribution >= 4 is 21.6 Å². The first-order valence-electron chi connectivity index (χ1n) is 6.20. The number of halogens is 1. The third-order valence-electron chi connectivity index (χ3n) is 3.11. The number of aryl methyl sites for hydroxylation is 1. The topological polar surface area (TPSA) is 57.4 Å². The van der Waals surface area contributed by atoms with Crippen molar-refractivity contribution in [1.82, 2.24) is 4.98 Å². The SMILES string of the molecule is COc1c(C)cnc(COc2cccc(N)c2Br)c1C. The van der Waals surface area contributed by atoms with E-state index in [1.807, 2.05) is 32.0 Å². The minimum atomic E-state index is 0.366. The first kappa shape index (κ1) is 14.7. The average Bonchev–Trinajstić information content (AvgIpc) is 2.43. The third-order valence-corrected chi connectivity index (χ3v) is 3.96. The second-order valence-corrected chi connectivity index (χ2v) is 5.29. The number of pyridine rings is 1. The van der Waals surface area contributed by atoms with Crippen molar-refractivity contribution in [2.24, 2.45) is 0 Å². The second-order valence-electron chi connectivity index (χ2n) is 4.49. The van der Waals surface area contributed by atoms with Crippen LogP contribution in [0.3, 0.4) is 0 Å². The summed E-state index contributed by atoms with van der Waals surface area (Å²) in [5.41, 5.74) is 9.32. The van der Waals surface area contributed by atoms with Gasteiger partial charge in [0.05, 0.1) is 17.3 Å². The van der Waals surface area contributed by atoms with E-state index in [9.17, 15) is 0 Å². The van der Waals surface area contributed by atoms with Gasteiger partial charge in [0.25, 0.3) is 0 Å². The second kappa shape index (κ2) is 6.13. The maximum Gasteiger partial charge on any atom is 0.136 e. The van der Waals surface area contributed by atoms with Crippen molar-refractivity contribution in [3.63, 3.8) is 0 Å². The lowest BCUT2D eigenvalue weighted by Crippen LogP contribution is -2.04. The third kappa shape index (κ3) is 2.88. The van der Waals surface area contributed by atoms with Crippen LogP contribution in [0.15, 0.2) is 28.9 Å². The summed E-state index contributed by atoms with van der Waals surface area (Å²) in [5.74, 6) is 1.55. The Hall–Kier alpha value is -1.75. The number of rotatable bonds is 4. The van der Waals surface area contributed by atoms with Gasteiger partial charge in [0, 0.05) is 23.0 Å². The Bertz CT molecular complexity index is 630. The molecule has 0 saturated carbocycles. The predicted octanol–water partition coefficient (Wildman–Crippen LogP) is 3.63. The summed E-state index contributed by atoms with van der Waals surface area (Å²) >= 11 is 3.42. The highest BCUT2D eigenvalue weighted by atomic mass is 79.9. The van der Waals surface area contributed by atoms with Gasteiger partial charge in [-0.1, -0.05) is 6.07 Å². The number of methoxy groups -OCH3 is 1. The molecule has 2 N–H and O–H groups in total. The van der Waals surface area contributed by atoms with Crippen molar-refractivity contribution in [3.8, 4) is 11.5 Å².